The molecule has 21 heavy (non-hydrogen) atoms. The van der Waals surface area contributed by atoms with Gasteiger partial charge in [-0.05, 0) is 31.9 Å². The molecule has 1 heterocycles. The number of rotatable bonds is 7. The lowest BCUT2D eigenvalue weighted by molar-refractivity contribution is 0.101. The Morgan fingerprint density at radius 3 is 2.48 bits per heavy atom. The number of hydrogen-bond acceptors (Lipinski definition) is 3. The van der Waals surface area contributed by atoms with E-state index >= 15 is 0 Å². The van der Waals surface area contributed by atoms with Crippen LogP contribution in [0.2, 0.25) is 0 Å². The molecule has 0 amide bonds. The maximum atomic E-state index is 11.9. The van der Waals surface area contributed by atoms with Crippen molar-refractivity contribution >= 4 is 17.5 Å². The third-order valence-corrected chi connectivity index (χ3v) is 4.46. The molecule has 3 nitrogen and oxygen atoms in total. The van der Waals surface area contributed by atoms with E-state index in [9.17, 15) is 4.79 Å². The minimum atomic E-state index is 0.130. The first-order valence-corrected chi connectivity index (χ1v) is 8.43. The van der Waals surface area contributed by atoms with Gasteiger partial charge in [-0.1, -0.05) is 32.0 Å². The molecule has 0 fully saturated rings. The highest BCUT2D eigenvalue weighted by atomic mass is 32.2. The van der Waals surface area contributed by atoms with E-state index < -0.39 is 0 Å². The van der Waals surface area contributed by atoms with E-state index in [1.807, 2.05) is 22.5 Å². The van der Waals surface area contributed by atoms with Gasteiger partial charge in [0.15, 0.2) is 5.78 Å². The summed E-state index contributed by atoms with van der Waals surface area (Å²) in [5.41, 5.74) is 2.85. The average molecular weight is 302 g/mol. The van der Waals surface area contributed by atoms with Crippen molar-refractivity contribution in [2.45, 2.75) is 45.1 Å². The largest absolute Gasteiger partial charge is 0.294 e. The van der Waals surface area contributed by atoms with E-state index in [0.717, 1.165) is 42.1 Å². The predicted octanol–water partition coefficient (Wildman–Crippen LogP) is 4.00. The Hall–Kier alpha value is -1.55. The normalized spacial score (nSPS) is 10.8. The molecule has 2 rings (SSSR count). The standard InChI is InChI=1S/C17H22N2OS/c1-4-15-17(13(3)20)16(5-2)19(18-15)11-12-21-14-9-7-6-8-10-14/h6-10H,4-5,11-12H2,1-3H3. The van der Waals surface area contributed by atoms with Gasteiger partial charge in [-0.3, -0.25) is 9.48 Å². The van der Waals surface area contributed by atoms with E-state index in [2.05, 4.69) is 43.2 Å². The van der Waals surface area contributed by atoms with Gasteiger partial charge in [0, 0.05) is 16.3 Å². The summed E-state index contributed by atoms with van der Waals surface area (Å²) in [6.07, 6.45) is 1.65. The Morgan fingerprint density at radius 1 is 1.19 bits per heavy atom. The van der Waals surface area contributed by atoms with Gasteiger partial charge in [0.25, 0.3) is 0 Å². The Balaban J connectivity index is 2.11. The molecule has 112 valence electrons. The molecule has 0 radical (unpaired) electrons. The SMILES string of the molecule is CCc1nn(CCSc2ccccc2)c(CC)c1C(C)=O. The van der Waals surface area contributed by atoms with Crippen LogP contribution in [0.15, 0.2) is 35.2 Å². The van der Waals surface area contributed by atoms with Crippen molar-refractivity contribution in [2.24, 2.45) is 0 Å². The van der Waals surface area contributed by atoms with Crippen LogP contribution in [0.5, 0.6) is 0 Å². The predicted molar refractivity (Wildman–Crippen MR) is 88.2 cm³/mol. The zero-order chi connectivity index (χ0) is 15.2. The van der Waals surface area contributed by atoms with Crippen LogP contribution in [0, 0.1) is 0 Å². The van der Waals surface area contributed by atoms with Crippen molar-refractivity contribution < 1.29 is 4.79 Å². The molecule has 0 spiro atoms. The number of Topliss-reactive ketones (excluding diaryl/α,β-unsaturated/α-hetero) is 1. The first-order chi connectivity index (χ1) is 10.2. The molecule has 4 heteroatoms. The van der Waals surface area contributed by atoms with Gasteiger partial charge in [0.05, 0.1) is 17.8 Å². The second-order valence-electron chi connectivity index (χ2n) is 4.92. The molecule has 0 bridgehead atoms. The Morgan fingerprint density at radius 2 is 1.90 bits per heavy atom. The third-order valence-electron chi connectivity index (χ3n) is 3.47. The van der Waals surface area contributed by atoms with E-state index in [-0.39, 0.29) is 5.78 Å². The zero-order valence-corrected chi connectivity index (χ0v) is 13.7. The van der Waals surface area contributed by atoms with Crippen molar-refractivity contribution in [1.82, 2.24) is 9.78 Å². The monoisotopic (exact) mass is 302 g/mol. The molecule has 0 unspecified atom stereocenters. The second-order valence-corrected chi connectivity index (χ2v) is 6.08. The van der Waals surface area contributed by atoms with E-state index in [0.29, 0.717) is 0 Å². The van der Waals surface area contributed by atoms with Gasteiger partial charge >= 0.3 is 0 Å². The van der Waals surface area contributed by atoms with Gasteiger partial charge in [-0.25, -0.2) is 0 Å². The van der Waals surface area contributed by atoms with Crippen LogP contribution in [0.3, 0.4) is 0 Å². The lowest BCUT2D eigenvalue weighted by Gasteiger charge is -2.07. The number of carbonyl (C=O) groups is 1. The first kappa shape index (κ1) is 15.8. The topological polar surface area (TPSA) is 34.9 Å². The van der Waals surface area contributed by atoms with Crippen LogP contribution in [0.25, 0.3) is 0 Å². The molecule has 1 aromatic carbocycles. The number of thioether (sulfide) groups is 1. The molecule has 2 aromatic rings. The second kappa shape index (κ2) is 7.46. The van der Waals surface area contributed by atoms with E-state index in [1.165, 1.54) is 4.90 Å². The minimum Gasteiger partial charge on any atom is -0.294 e. The van der Waals surface area contributed by atoms with Gasteiger partial charge in [0.1, 0.15) is 0 Å². The molecule has 0 N–H and O–H groups in total. The summed E-state index contributed by atoms with van der Waals surface area (Å²) < 4.78 is 2.02. The quantitative estimate of drug-likeness (QED) is 0.573. The zero-order valence-electron chi connectivity index (χ0n) is 12.9. The van der Waals surface area contributed by atoms with Gasteiger partial charge in [-0.2, -0.15) is 5.10 Å². The molecule has 0 aliphatic heterocycles. The van der Waals surface area contributed by atoms with Crippen LogP contribution < -0.4 is 0 Å². The van der Waals surface area contributed by atoms with Gasteiger partial charge < -0.3 is 0 Å². The highest BCUT2D eigenvalue weighted by Gasteiger charge is 2.18. The van der Waals surface area contributed by atoms with E-state index in [1.54, 1.807) is 6.92 Å². The summed E-state index contributed by atoms with van der Waals surface area (Å²) in [7, 11) is 0. The van der Waals surface area contributed by atoms with Crippen molar-refractivity contribution in [3.8, 4) is 0 Å². The smallest absolute Gasteiger partial charge is 0.163 e. The van der Waals surface area contributed by atoms with Crippen LogP contribution >= 0.6 is 11.8 Å². The van der Waals surface area contributed by atoms with Crippen LogP contribution in [0.1, 0.15) is 42.5 Å². The van der Waals surface area contributed by atoms with Crippen molar-refractivity contribution in [2.75, 3.05) is 5.75 Å². The van der Waals surface area contributed by atoms with Crippen LogP contribution in [-0.4, -0.2) is 21.3 Å². The molecule has 0 aliphatic carbocycles. The highest BCUT2D eigenvalue weighted by molar-refractivity contribution is 7.99. The average Bonchev–Trinajstić information content (AvgIpc) is 2.86. The molecule has 0 saturated carbocycles. The van der Waals surface area contributed by atoms with Crippen molar-refractivity contribution in [1.29, 1.82) is 0 Å². The van der Waals surface area contributed by atoms with Crippen LogP contribution in [0.4, 0.5) is 0 Å². The summed E-state index contributed by atoms with van der Waals surface area (Å²) in [4.78, 5) is 13.1. The van der Waals surface area contributed by atoms with E-state index in [4.69, 9.17) is 0 Å². The minimum absolute atomic E-state index is 0.130. The number of aromatic nitrogens is 2. The number of aryl methyl sites for hydroxylation is 2. The summed E-state index contributed by atoms with van der Waals surface area (Å²) in [6.45, 7) is 6.61. The number of ketones is 1. The molecular formula is C17H22N2OS. The van der Waals surface area contributed by atoms with Crippen molar-refractivity contribution in [3.63, 3.8) is 0 Å². The fourth-order valence-electron chi connectivity index (χ4n) is 2.52. The molecule has 0 aliphatic rings. The molecule has 0 saturated heterocycles. The first-order valence-electron chi connectivity index (χ1n) is 7.44. The maximum Gasteiger partial charge on any atom is 0.163 e. The summed E-state index contributed by atoms with van der Waals surface area (Å²) in [5, 5.41) is 4.63. The number of nitrogens with zero attached hydrogens (tertiary/aromatic N) is 2. The lowest BCUT2D eigenvalue weighted by Crippen LogP contribution is -2.08. The van der Waals surface area contributed by atoms with Crippen molar-refractivity contribution in [3.05, 3.63) is 47.3 Å². The number of hydrogen-bond donors (Lipinski definition) is 0. The summed E-state index contributed by atoms with van der Waals surface area (Å²) in [6, 6.07) is 10.4. The lowest BCUT2D eigenvalue weighted by atomic mass is 10.1. The Kier molecular flexibility index (Phi) is 5.62. The summed E-state index contributed by atoms with van der Waals surface area (Å²) in [5.74, 6) is 1.09. The maximum absolute atomic E-state index is 11.9. The van der Waals surface area contributed by atoms with Crippen LogP contribution in [-0.2, 0) is 19.4 Å². The number of benzene rings is 1. The third kappa shape index (κ3) is 3.76. The Labute approximate surface area is 130 Å². The summed E-state index contributed by atoms with van der Waals surface area (Å²) >= 11 is 1.82. The number of carbonyl (C=O) groups excluding carboxylic acids is 1. The Bertz CT molecular complexity index is 605. The highest BCUT2D eigenvalue weighted by Crippen LogP contribution is 2.20. The van der Waals surface area contributed by atoms with Gasteiger partial charge in [-0.15, -0.1) is 11.8 Å². The molecule has 1 aromatic heterocycles. The fourth-order valence-corrected chi connectivity index (χ4v) is 3.37. The van der Waals surface area contributed by atoms with Gasteiger partial charge in [0.2, 0.25) is 0 Å². The molecular weight excluding hydrogens is 280 g/mol. The molecule has 0 atom stereocenters. The fraction of sp³-hybridized carbons (Fsp3) is 0.412.